The average Bonchev–Trinajstić information content (AvgIpc) is 1.98. The van der Waals surface area contributed by atoms with Crippen LogP contribution in [0.1, 0.15) is 34.1 Å². The molecule has 3 nitrogen and oxygen atoms in total. The van der Waals surface area contributed by atoms with Gasteiger partial charge in [-0.15, -0.1) is 0 Å². The van der Waals surface area contributed by atoms with Crippen molar-refractivity contribution in [1.29, 1.82) is 0 Å². The quantitative estimate of drug-likeness (QED) is 0.677. The first-order chi connectivity index (χ1) is 5.54. The lowest BCUT2D eigenvalue weighted by atomic mass is 10.0. The molecule has 12 heavy (non-hydrogen) atoms. The van der Waals surface area contributed by atoms with Crippen molar-refractivity contribution in [2.24, 2.45) is 5.92 Å². The van der Waals surface area contributed by atoms with E-state index in [-0.39, 0.29) is 6.04 Å². The van der Waals surface area contributed by atoms with E-state index in [4.69, 9.17) is 4.55 Å². The van der Waals surface area contributed by atoms with E-state index < -0.39 is 11.3 Å². The van der Waals surface area contributed by atoms with Crippen molar-refractivity contribution in [3.63, 3.8) is 0 Å². The SMILES string of the molecule is CCC(C(C)C)N(CC)S(=O)O. The van der Waals surface area contributed by atoms with Crippen molar-refractivity contribution in [3.05, 3.63) is 0 Å². The van der Waals surface area contributed by atoms with Crippen molar-refractivity contribution >= 4 is 11.3 Å². The maximum atomic E-state index is 10.9. The van der Waals surface area contributed by atoms with Crippen molar-refractivity contribution in [2.45, 2.75) is 40.2 Å². The lowest BCUT2D eigenvalue weighted by Crippen LogP contribution is -2.39. The summed E-state index contributed by atoms with van der Waals surface area (Å²) in [6, 6.07) is 0.209. The highest BCUT2D eigenvalue weighted by Gasteiger charge is 2.22. The molecule has 2 atom stereocenters. The van der Waals surface area contributed by atoms with Gasteiger partial charge in [0.1, 0.15) is 0 Å². The van der Waals surface area contributed by atoms with Gasteiger partial charge in [-0.25, -0.2) is 4.21 Å². The number of hydrogen-bond acceptors (Lipinski definition) is 1. The number of hydrogen-bond donors (Lipinski definition) is 1. The molecular weight excluding hydrogens is 174 g/mol. The van der Waals surface area contributed by atoms with E-state index in [1.165, 1.54) is 0 Å². The molecule has 0 aliphatic heterocycles. The summed E-state index contributed by atoms with van der Waals surface area (Å²) in [5.74, 6) is 0.422. The Hall–Kier alpha value is 0.0700. The van der Waals surface area contributed by atoms with Gasteiger partial charge in [0, 0.05) is 12.6 Å². The molecule has 0 aliphatic rings. The zero-order valence-corrected chi connectivity index (χ0v) is 9.10. The van der Waals surface area contributed by atoms with E-state index in [9.17, 15) is 4.21 Å². The maximum Gasteiger partial charge on any atom is 0.234 e. The lowest BCUT2D eigenvalue weighted by Gasteiger charge is -2.28. The van der Waals surface area contributed by atoms with E-state index in [0.29, 0.717) is 12.5 Å². The average molecular weight is 193 g/mol. The van der Waals surface area contributed by atoms with E-state index >= 15 is 0 Å². The largest absolute Gasteiger partial charge is 0.294 e. The predicted molar refractivity (Wildman–Crippen MR) is 52.1 cm³/mol. The van der Waals surface area contributed by atoms with Crippen molar-refractivity contribution in [2.75, 3.05) is 6.54 Å². The summed E-state index contributed by atoms with van der Waals surface area (Å²) >= 11 is -1.82. The molecule has 0 amide bonds. The summed E-state index contributed by atoms with van der Waals surface area (Å²) in [7, 11) is 0. The molecule has 4 heteroatoms. The molecule has 0 spiro atoms. The van der Waals surface area contributed by atoms with Gasteiger partial charge >= 0.3 is 0 Å². The predicted octanol–water partition coefficient (Wildman–Crippen LogP) is 1.88. The molecule has 2 unspecified atom stereocenters. The summed E-state index contributed by atoms with van der Waals surface area (Å²) in [6.45, 7) is 8.71. The summed E-state index contributed by atoms with van der Waals surface area (Å²) in [6.07, 6.45) is 0.914. The van der Waals surface area contributed by atoms with Crippen LogP contribution in [-0.2, 0) is 11.3 Å². The summed E-state index contributed by atoms with van der Waals surface area (Å²) in [4.78, 5) is 0. The molecule has 0 radical (unpaired) electrons. The molecule has 1 N–H and O–H groups in total. The summed E-state index contributed by atoms with van der Waals surface area (Å²) in [5, 5.41) is 0. The van der Waals surface area contributed by atoms with Gasteiger partial charge in [-0.1, -0.05) is 27.7 Å². The fourth-order valence-electron chi connectivity index (χ4n) is 1.47. The summed E-state index contributed by atoms with van der Waals surface area (Å²) in [5.41, 5.74) is 0. The van der Waals surface area contributed by atoms with Crippen LogP contribution in [0.4, 0.5) is 0 Å². The maximum absolute atomic E-state index is 10.9. The number of nitrogens with zero attached hydrogens (tertiary/aromatic N) is 1. The van der Waals surface area contributed by atoms with Crippen molar-refractivity contribution in [3.8, 4) is 0 Å². The van der Waals surface area contributed by atoms with Gasteiger partial charge in [0.05, 0.1) is 0 Å². The van der Waals surface area contributed by atoms with Crippen LogP contribution in [0.25, 0.3) is 0 Å². The highest BCUT2D eigenvalue weighted by atomic mass is 32.2. The molecule has 0 heterocycles. The minimum Gasteiger partial charge on any atom is -0.294 e. The Kier molecular flexibility index (Phi) is 5.70. The second-order valence-electron chi connectivity index (χ2n) is 3.18. The monoisotopic (exact) mass is 193 g/mol. The molecule has 74 valence electrons. The first kappa shape index (κ1) is 12.1. The fourth-order valence-corrected chi connectivity index (χ4v) is 2.31. The van der Waals surface area contributed by atoms with E-state index in [0.717, 1.165) is 6.42 Å². The Labute approximate surface area is 77.6 Å². The van der Waals surface area contributed by atoms with Crippen LogP contribution >= 0.6 is 0 Å². The minimum atomic E-state index is -1.82. The van der Waals surface area contributed by atoms with E-state index in [2.05, 4.69) is 13.8 Å². The Morgan fingerprint density at radius 3 is 2.00 bits per heavy atom. The molecule has 0 saturated carbocycles. The highest BCUT2D eigenvalue weighted by molar-refractivity contribution is 7.76. The van der Waals surface area contributed by atoms with Crippen LogP contribution in [0.5, 0.6) is 0 Å². The van der Waals surface area contributed by atoms with Gasteiger partial charge in [-0.3, -0.25) is 4.55 Å². The molecule has 0 fully saturated rings. The molecule has 0 bridgehead atoms. The second kappa shape index (κ2) is 5.67. The van der Waals surface area contributed by atoms with Crippen molar-refractivity contribution in [1.82, 2.24) is 4.31 Å². The van der Waals surface area contributed by atoms with Crippen LogP contribution in [-0.4, -0.2) is 25.7 Å². The number of rotatable bonds is 5. The van der Waals surface area contributed by atoms with E-state index in [1.54, 1.807) is 4.31 Å². The third-order valence-electron chi connectivity index (χ3n) is 2.07. The summed E-state index contributed by atoms with van der Waals surface area (Å²) < 4.78 is 21.4. The Morgan fingerprint density at radius 1 is 1.42 bits per heavy atom. The first-order valence-corrected chi connectivity index (χ1v) is 5.48. The van der Waals surface area contributed by atoms with Crippen LogP contribution in [0.15, 0.2) is 0 Å². The Balaban J connectivity index is 4.33. The van der Waals surface area contributed by atoms with Crippen LogP contribution in [0.2, 0.25) is 0 Å². The Morgan fingerprint density at radius 2 is 1.92 bits per heavy atom. The fraction of sp³-hybridized carbons (Fsp3) is 1.00. The zero-order chi connectivity index (χ0) is 9.72. The third-order valence-corrected chi connectivity index (χ3v) is 3.00. The zero-order valence-electron chi connectivity index (χ0n) is 8.28. The molecule has 0 rings (SSSR count). The normalized spacial score (nSPS) is 16.9. The van der Waals surface area contributed by atoms with Crippen LogP contribution in [0.3, 0.4) is 0 Å². The molecule has 0 aromatic rings. The van der Waals surface area contributed by atoms with Crippen molar-refractivity contribution < 1.29 is 8.76 Å². The highest BCUT2D eigenvalue weighted by Crippen LogP contribution is 2.15. The standard InChI is InChI=1S/C8H19NO2S/c1-5-8(7(3)4)9(6-2)12(10)11/h7-8H,5-6H2,1-4H3,(H,10,11). The van der Waals surface area contributed by atoms with Gasteiger partial charge in [-0.05, 0) is 12.3 Å². The van der Waals surface area contributed by atoms with Gasteiger partial charge in [0.2, 0.25) is 11.3 Å². The van der Waals surface area contributed by atoms with Crippen LogP contribution < -0.4 is 0 Å². The lowest BCUT2D eigenvalue weighted by molar-refractivity contribution is 0.255. The third kappa shape index (κ3) is 3.21. The van der Waals surface area contributed by atoms with Gasteiger partial charge in [-0.2, -0.15) is 4.31 Å². The van der Waals surface area contributed by atoms with E-state index in [1.807, 2.05) is 13.8 Å². The molecule has 0 saturated heterocycles. The van der Waals surface area contributed by atoms with Gasteiger partial charge in [0.15, 0.2) is 0 Å². The second-order valence-corrected chi connectivity index (χ2v) is 4.11. The topological polar surface area (TPSA) is 40.5 Å². The molecular formula is C8H19NO2S. The van der Waals surface area contributed by atoms with Gasteiger partial charge in [0.25, 0.3) is 0 Å². The Bertz CT molecular complexity index is 150. The van der Waals surface area contributed by atoms with Gasteiger partial charge < -0.3 is 0 Å². The minimum absolute atomic E-state index is 0.209. The first-order valence-electron chi connectivity index (χ1n) is 4.42. The molecule has 0 aromatic carbocycles. The molecule has 0 aromatic heterocycles. The smallest absolute Gasteiger partial charge is 0.234 e. The molecule has 0 aliphatic carbocycles. The van der Waals surface area contributed by atoms with Crippen LogP contribution in [0, 0.1) is 5.92 Å².